The second-order valence-electron chi connectivity index (χ2n) is 6.67. The van der Waals surface area contributed by atoms with Gasteiger partial charge in [0.15, 0.2) is 0 Å². The van der Waals surface area contributed by atoms with Gasteiger partial charge in [-0.25, -0.2) is 4.79 Å². The molecule has 3 heterocycles. The third kappa shape index (κ3) is 2.92. The molecule has 24 heavy (non-hydrogen) atoms. The molecule has 0 aliphatic carbocycles. The maximum atomic E-state index is 12.0. The monoisotopic (exact) mass is 339 g/mol. The maximum absolute atomic E-state index is 12.0. The molecule has 1 fully saturated rings. The van der Waals surface area contributed by atoms with Gasteiger partial charge in [0.25, 0.3) is 0 Å². The molecule has 3 aromatic rings. The fraction of sp³-hybridized carbons (Fsp3) is 0.350. The van der Waals surface area contributed by atoms with Crippen LogP contribution in [0.4, 0.5) is 0 Å². The molecule has 3 nitrogen and oxygen atoms in total. The van der Waals surface area contributed by atoms with Crippen LogP contribution in [0, 0.1) is 13.8 Å². The molecule has 0 radical (unpaired) electrons. The predicted octanol–water partition coefficient (Wildman–Crippen LogP) is 4.81. The highest BCUT2D eigenvalue weighted by atomic mass is 32.1. The summed E-state index contributed by atoms with van der Waals surface area (Å²) in [5, 5.41) is 1.05. The van der Waals surface area contributed by atoms with Crippen LogP contribution in [0.15, 0.2) is 45.6 Å². The number of likely N-dealkylation sites (tertiary alicyclic amines) is 1. The van der Waals surface area contributed by atoms with E-state index in [2.05, 4.69) is 36.1 Å². The second kappa shape index (κ2) is 6.19. The summed E-state index contributed by atoms with van der Waals surface area (Å²) < 4.78 is 5.39. The topological polar surface area (TPSA) is 33.5 Å². The van der Waals surface area contributed by atoms with E-state index in [1.807, 2.05) is 24.3 Å². The molecule has 1 aliphatic heterocycles. The van der Waals surface area contributed by atoms with Gasteiger partial charge < -0.3 is 4.42 Å². The minimum atomic E-state index is -0.259. The zero-order valence-electron chi connectivity index (χ0n) is 14.0. The summed E-state index contributed by atoms with van der Waals surface area (Å²) in [4.78, 5) is 17.3. The fourth-order valence-electron chi connectivity index (χ4n) is 3.66. The molecule has 4 rings (SSSR count). The van der Waals surface area contributed by atoms with Crippen molar-refractivity contribution in [1.29, 1.82) is 0 Å². The molecule has 0 saturated carbocycles. The molecule has 1 saturated heterocycles. The number of hydrogen-bond donors (Lipinski definition) is 0. The smallest absolute Gasteiger partial charge is 0.336 e. The van der Waals surface area contributed by atoms with Gasteiger partial charge in [-0.2, -0.15) is 0 Å². The van der Waals surface area contributed by atoms with Crippen molar-refractivity contribution in [3.63, 3.8) is 0 Å². The van der Waals surface area contributed by atoms with Crippen LogP contribution in [-0.4, -0.2) is 11.4 Å². The first-order valence-electron chi connectivity index (χ1n) is 8.44. The van der Waals surface area contributed by atoms with Crippen molar-refractivity contribution < 1.29 is 4.42 Å². The average molecular weight is 339 g/mol. The normalized spacial score (nSPS) is 18.5. The Hall–Kier alpha value is -1.91. The van der Waals surface area contributed by atoms with Crippen LogP contribution in [0.2, 0.25) is 0 Å². The summed E-state index contributed by atoms with van der Waals surface area (Å²) in [5.74, 6) is 0. The molecule has 124 valence electrons. The average Bonchev–Trinajstić information content (AvgIpc) is 3.15. The molecule has 4 heteroatoms. The quantitative estimate of drug-likeness (QED) is 0.642. The molecule has 0 N–H and O–H groups in total. The highest BCUT2D eigenvalue weighted by molar-refractivity contribution is 7.12. The maximum Gasteiger partial charge on any atom is 0.336 e. The number of nitrogens with zero attached hydrogens (tertiary/aromatic N) is 1. The van der Waals surface area contributed by atoms with Crippen molar-refractivity contribution >= 4 is 22.3 Å². The summed E-state index contributed by atoms with van der Waals surface area (Å²) in [6, 6.07) is 12.7. The largest absolute Gasteiger partial charge is 0.423 e. The lowest BCUT2D eigenvalue weighted by Gasteiger charge is -2.24. The van der Waals surface area contributed by atoms with E-state index in [1.165, 1.54) is 22.6 Å². The first-order chi connectivity index (χ1) is 11.6. The molecule has 0 bridgehead atoms. The van der Waals surface area contributed by atoms with Gasteiger partial charge in [-0.15, -0.1) is 11.3 Å². The molecule has 0 spiro atoms. The van der Waals surface area contributed by atoms with Gasteiger partial charge in [0.05, 0.1) is 0 Å². The Morgan fingerprint density at radius 2 is 2.08 bits per heavy atom. The molecule has 2 aromatic heterocycles. The SMILES string of the molecule is Cc1ccc2c(CN3CCCC3c3ccc(C)s3)cc(=O)oc2c1. The van der Waals surface area contributed by atoms with Crippen molar-refractivity contribution in [2.75, 3.05) is 6.54 Å². The van der Waals surface area contributed by atoms with Crippen LogP contribution in [0.5, 0.6) is 0 Å². The van der Waals surface area contributed by atoms with Gasteiger partial charge in [-0.3, -0.25) is 4.90 Å². The summed E-state index contributed by atoms with van der Waals surface area (Å²) >= 11 is 1.89. The lowest BCUT2D eigenvalue weighted by atomic mass is 10.1. The highest BCUT2D eigenvalue weighted by Crippen LogP contribution is 2.37. The van der Waals surface area contributed by atoms with Crippen LogP contribution in [0.1, 0.15) is 39.8 Å². The lowest BCUT2D eigenvalue weighted by molar-refractivity contribution is 0.252. The Balaban J connectivity index is 1.69. The summed E-state index contributed by atoms with van der Waals surface area (Å²) in [7, 11) is 0. The van der Waals surface area contributed by atoms with Crippen LogP contribution >= 0.6 is 11.3 Å². The van der Waals surface area contributed by atoms with E-state index < -0.39 is 0 Å². The molecule has 1 aliphatic rings. The van der Waals surface area contributed by atoms with Gasteiger partial charge in [-0.1, -0.05) is 12.1 Å². The first-order valence-corrected chi connectivity index (χ1v) is 9.25. The second-order valence-corrected chi connectivity index (χ2v) is 7.99. The van der Waals surface area contributed by atoms with Crippen LogP contribution in [0.3, 0.4) is 0 Å². The minimum absolute atomic E-state index is 0.259. The minimum Gasteiger partial charge on any atom is -0.423 e. The van der Waals surface area contributed by atoms with Crippen molar-refractivity contribution in [2.24, 2.45) is 0 Å². The molecule has 0 amide bonds. The molecule has 1 atom stereocenters. The fourth-order valence-corrected chi connectivity index (χ4v) is 4.70. The summed E-state index contributed by atoms with van der Waals surface area (Å²) in [5.41, 5.74) is 2.61. The standard InChI is InChI=1S/C20H21NO2S/c1-13-5-7-16-15(11-20(22)23-18(16)10-13)12-21-9-3-4-17(21)19-8-6-14(2)24-19/h5-8,10-11,17H,3-4,9,12H2,1-2H3. The zero-order valence-corrected chi connectivity index (χ0v) is 14.9. The van der Waals surface area contributed by atoms with E-state index in [0.717, 1.165) is 29.6 Å². The lowest BCUT2D eigenvalue weighted by Crippen LogP contribution is -2.23. The van der Waals surface area contributed by atoms with Gasteiger partial charge in [0, 0.05) is 33.8 Å². The molecule has 1 aromatic carbocycles. The third-order valence-corrected chi connectivity index (χ3v) is 5.91. The summed E-state index contributed by atoms with van der Waals surface area (Å²) in [6.07, 6.45) is 2.40. The van der Waals surface area contributed by atoms with Crippen molar-refractivity contribution in [3.05, 3.63) is 67.7 Å². The van der Waals surface area contributed by atoms with Gasteiger partial charge in [0.2, 0.25) is 0 Å². The van der Waals surface area contributed by atoms with Crippen LogP contribution < -0.4 is 5.63 Å². The van der Waals surface area contributed by atoms with E-state index in [9.17, 15) is 4.79 Å². The Kier molecular flexibility index (Phi) is 4.02. The number of thiophene rings is 1. The third-order valence-electron chi connectivity index (χ3n) is 4.81. The van der Waals surface area contributed by atoms with Crippen molar-refractivity contribution in [1.82, 2.24) is 4.90 Å². The summed E-state index contributed by atoms with van der Waals surface area (Å²) in [6.45, 7) is 6.05. The number of fused-ring (bicyclic) bond motifs is 1. The number of benzene rings is 1. The first kappa shape index (κ1) is 15.6. The van der Waals surface area contributed by atoms with Gasteiger partial charge >= 0.3 is 5.63 Å². The molecule has 1 unspecified atom stereocenters. The zero-order chi connectivity index (χ0) is 16.7. The molecular weight excluding hydrogens is 318 g/mol. The number of rotatable bonds is 3. The van der Waals surface area contributed by atoms with E-state index in [-0.39, 0.29) is 5.63 Å². The van der Waals surface area contributed by atoms with E-state index in [4.69, 9.17) is 4.42 Å². The van der Waals surface area contributed by atoms with Crippen molar-refractivity contribution in [2.45, 2.75) is 39.3 Å². The Morgan fingerprint density at radius 3 is 2.88 bits per heavy atom. The Bertz CT molecular complexity index is 940. The van der Waals surface area contributed by atoms with E-state index in [1.54, 1.807) is 6.07 Å². The Labute approximate surface area is 145 Å². The van der Waals surface area contributed by atoms with Crippen molar-refractivity contribution in [3.8, 4) is 0 Å². The predicted molar refractivity (Wildman–Crippen MR) is 98.7 cm³/mol. The van der Waals surface area contributed by atoms with Crippen LogP contribution in [-0.2, 0) is 6.54 Å². The van der Waals surface area contributed by atoms with Gasteiger partial charge in [0.1, 0.15) is 5.58 Å². The number of aryl methyl sites for hydroxylation is 2. The Morgan fingerprint density at radius 1 is 1.21 bits per heavy atom. The highest BCUT2D eigenvalue weighted by Gasteiger charge is 2.27. The molecular formula is C20H21NO2S. The van der Waals surface area contributed by atoms with E-state index in [0.29, 0.717) is 11.6 Å². The van der Waals surface area contributed by atoms with Gasteiger partial charge in [-0.05, 0) is 62.6 Å². The number of hydrogen-bond acceptors (Lipinski definition) is 4. The van der Waals surface area contributed by atoms with Crippen LogP contribution in [0.25, 0.3) is 11.0 Å². The van der Waals surface area contributed by atoms with E-state index >= 15 is 0 Å².